The highest BCUT2D eigenvalue weighted by molar-refractivity contribution is 5.98. The van der Waals surface area contributed by atoms with Crippen LogP contribution < -0.4 is 0 Å². The fourth-order valence-electron chi connectivity index (χ4n) is 2.47. The van der Waals surface area contributed by atoms with Gasteiger partial charge in [0.15, 0.2) is 0 Å². The van der Waals surface area contributed by atoms with Crippen LogP contribution in [0.4, 0.5) is 13.2 Å². The number of rotatable bonds is 2. The second kappa shape index (κ2) is 4.91. The summed E-state index contributed by atoms with van der Waals surface area (Å²) < 4.78 is 38.1. The van der Waals surface area contributed by atoms with Crippen LogP contribution in [0, 0.1) is 0 Å². The summed E-state index contributed by atoms with van der Waals surface area (Å²) in [6, 6.07) is 12.7. The molecule has 1 amide bonds. The lowest BCUT2D eigenvalue weighted by molar-refractivity contribution is -0.137. The van der Waals surface area contributed by atoms with Gasteiger partial charge in [0.1, 0.15) is 0 Å². The molecule has 0 saturated carbocycles. The molecule has 0 aromatic heterocycles. The van der Waals surface area contributed by atoms with E-state index in [1.54, 1.807) is 4.90 Å². The molecule has 1 heterocycles. The van der Waals surface area contributed by atoms with Crippen LogP contribution in [0.15, 0.2) is 48.5 Å². The molecule has 0 saturated heterocycles. The number of carbonyl (C=O) groups excluding carboxylic acids is 1. The van der Waals surface area contributed by atoms with Gasteiger partial charge in [0.25, 0.3) is 5.91 Å². The lowest BCUT2D eigenvalue weighted by Crippen LogP contribution is -2.23. The molecule has 0 N–H and O–H groups in total. The van der Waals surface area contributed by atoms with Crippen LogP contribution in [0.2, 0.25) is 0 Å². The molecule has 2 aromatic carbocycles. The summed E-state index contributed by atoms with van der Waals surface area (Å²) in [5, 5.41) is 0. The van der Waals surface area contributed by atoms with Crippen LogP contribution in [0.3, 0.4) is 0 Å². The summed E-state index contributed by atoms with van der Waals surface area (Å²) >= 11 is 0. The predicted octanol–water partition coefficient (Wildman–Crippen LogP) is 3.86. The third kappa shape index (κ3) is 2.63. The Morgan fingerprint density at radius 1 is 1.05 bits per heavy atom. The molecule has 21 heavy (non-hydrogen) atoms. The van der Waals surface area contributed by atoms with Crippen molar-refractivity contribution in [3.05, 3.63) is 70.8 Å². The van der Waals surface area contributed by atoms with Crippen molar-refractivity contribution in [1.82, 2.24) is 4.90 Å². The van der Waals surface area contributed by atoms with E-state index >= 15 is 0 Å². The van der Waals surface area contributed by atoms with Gasteiger partial charge < -0.3 is 4.90 Å². The molecule has 0 aliphatic carbocycles. The zero-order valence-electron chi connectivity index (χ0n) is 11.0. The molecule has 1 aliphatic rings. The first-order valence-corrected chi connectivity index (χ1v) is 6.48. The van der Waals surface area contributed by atoms with E-state index in [2.05, 4.69) is 0 Å². The minimum atomic E-state index is -4.43. The first-order valence-electron chi connectivity index (χ1n) is 6.48. The number of amides is 1. The third-order valence-electron chi connectivity index (χ3n) is 3.53. The Hall–Kier alpha value is -2.30. The van der Waals surface area contributed by atoms with Crippen molar-refractivity contribution in [2.75, 3.05) is 0 Å². The average Bonchev–Trinajstić information content (AvgIpc) is 2.75. The molecule has 2 aromatic rings. The van der Waals surface area contributed by atoms with Gasteiger partial charge in [0.2, 0.25) is 0 Å². The zero-order valence-corrected chi connectivity index (χ0v) is 11.0. The fraction of sp³-hybridized carbons (Fsp3) is 0.188. The summed E-state index contributed by atoms with van der Waals surface area (Å²) in [6.45, 7) is 0.747. The Labute approximate surface area is 119 Å². The Kier molecular flexibility index (Phi) is 3.20. The standard InChI is InChI=1S/C16H12F3NO/c17-16(18,19)13-7-6-12-10-20(15(21)14(12)8-13)9-11-4-2-1-3-5-11/h1-8H,9-10H2. The summed E-state index contributed by atoms with van der Waals surface area (Å²) in [5.41, 5.74) is 0.968. The Bertz CT molecular complexity index is 680. The lowest BCUT2D eigenvalue weighted by atomic mass is 10.1. The van der Waals surface area contributed by atoms with Crippen LogP contribution >= 0.6 is 0 Å². The van der Waals surface area contributed by atoms with Gasteiger partial charge in [-0.15, -0.1) is 0 Å². The third-order valence-corrected chi connectivity index (χ3v) is 3.53. The molecule has 0 radical (unpaired) electrons. The molecule has 5 heteroatoms. The van der Waals surface area contributed by atoms with Crippen molar-refractivity contribution in [2.45, 2.75) is 19.3 Å². The van der Waals surface area contributed by atoms with Gasteiger partial charge in [-0.25, -0.2) is 0 Å². The number of alkyl halides is 3. The van der Waals surface area contributed by atoms with E-state index in [4.69, 9.17) is 0 Å². The molecule has 2 nitrogen and oxygen atoms in total. The quantitative estimate of drug-likeness (QED) is 0.822. The highest BCUT2D eigenvalue weighted by Crippen LogP contribution is 2.33. The highest BCUT2D eigenvalue weighted by Gasteiger charge is 2.34. The van der Waals surface area contributed by atoms with Gasteiger partial charge in [-0.05, 0) is 23.3 Å². The second-order valence-corrected chi connectivity index (χ2v) is 5.02. The summed E-state index contributed by atoms with van der Waals surface area (Å²) in [6.07, 6.45) is -4.43. The van der Waals surface area contributed by atoms with E-state index in [1.807, 2.05) is 30.3 Å². The number of hydrogen-bond donors (Lipinski definition) is 0. The fourth-order valence-corrected chi connectivity index (χ4v) is 2.47. The maximum Gasteiger partial charge on any atom is 0.416 e. The molecule has 108 valence electrons. The van der Waals surface area contributed by atoms with Crippen molar-refractivity contribution in [3.63, 3.8) is 0 Å². The average molecular weight is 291 g/mol. The summed E-state index contributed by atoms with van der Waals surface area (Å²) in [5.74, 6) is -0.347. The Morgan fingerprint density at radius 3 is 2.43 bits per heavy atom. The number of halogens is 3. The van der Waals surface area contributed by atoms with Crippen LogP contribution in [0.1, 0.15) is 27.0 Å². The normalized spacial score (nSPS) is 14.4. The lowest BCUT2D eigenvalue weighted by Gasteiger charge is -2.15. The highest BCUT2D eigenvalue weighted by atomic mass is 19.4. The van der Waals surface area contributed by atoms with Gasteiger partial charge in [-0.1, -0.05) is 36.4 Å². The monoisotopic (exact) mass is 291 g/mol. The number of nitrogens with zero attached hydrogens (tertiary/aromatic N) is 1. The maximum atomic E-state index is 12.7. The number of carbonyl (C=O) groups is 1. The van der Waals surface area contributed by atoms with Gasteiger partial charge in [-0.3, -0.25) is 4.79 Å². The molecule has 0 unspecified atom stereocenters. The molecule has 0 spiro atoms. The molecule has 0 atom stereocenters. The minimum absolute atomic E-state index is 0.153. The van der Waals surface area contributed by atoms with Crippen LogP contribution in [-0.4, -0.2) is 10.8 Å². The van der Waals surface area contributed by atoms with Crippen LogP contribution in [0.25, 0.3) is 0 Å². The van der Waals surface area contributed by atoms with Crippen molar-refractivity contribution in [3.8, 4) is 0 Å². The van der Waals surface area contributed by atoms with E-state index in [9.17, 15) is 18.0 Å². The zero-order chi connectivity index (χ0) is 15.0. The first kappa shape index (κ1) is 13.7. The van der Waals surface area contributed by atoms with Crippen molar-refractivity contribution in [2.24, 2.45) is 0 Å². The molecule has 1 aliphatic heterocycles. The second-order valence-electron chi connectivity index (χ2n) is 5.02. The minimum Gasteiger partial charge on any atom is -0.330 e. The summed E-state index contributed by atoms with van der Waals surface area (Å²) in [7, 11) is 0. The largest absolute Gasteiger partial charge is 0.416 e. The smallest absolute Gasteiger partial charge is 0.330 e. The van der Waals surface area contributed by atoms with E-state index in [0.717, 1.165) is 17.7 Å². The van der Waals surface area contributed by atoms with E-state index in [0.29, 0.717) is 18.7 Å². The van der Waals surface area contributed by atoms with Crippen LogP contribution in [-0.2, 0) is 19.3 Å². The Balaban J connectivity index is 1.86. The van der Waals surface area contributed by atoms with Crippen molar-refractivity contribution < 1.29 is 18.0 Å². The molecule has 3 rings (SSSR count). The molecule has 0 bridgehead atoms. The maximum absolute atomic E-state index is 12.7. The molecular formula is C16H12F3NO. The van der Waals surface area contributed by atoms with E-state index < -0.39 is 11.7 Å². The first-order chi connectivity index (χ1) is 9.95. The Morgan fingerprint density at radius 2 is 1.76 bits per heavy atom. The SMILES string of the molecule is O=C1c2cc(C(F)(F)F)ccc2CN1Cc1ccccc1. The predicted molar refractivity (Wildman–Crippen MR) is 71.5 cm³/mol. The van der Waals surface area contributed by atoms with Gasteiger partial charge >= 0.3 is 6.18 Å². The van der Waals surface area contributed by atoms with Gasteiger partial charge in [0.05, 0.1) is 5.56 Å². The van der Waals surface area contributed by atoms with Crippen molar-refractivity contribution in [1.29, 1.82) is 0 Å². The number of hydrogen-bond acceptors (Lipinski definition) is 1. The van der Waals surface area contributed by atoms with Gasteiger partial charge in [-0.2, -0.15) is 13.2 Å². The van der Waals surface area contributed by atoms with Crippen molar-refractivity contribution >= 4 is 5.91 Å². The molecule has 0 fully saturated rings. The number of benzene rings is 2. The van der Waals surface area contributed by atoms with E-state index in [-0.39, 0.29) is 11.5 Å². The van der Waals surface area contributed by atoms with Gasteiger partial charge in [0, 0.05) is 18.7 Å². The topological polar surface area (TPSA) is 20.3 Å². The summed E-state index contributed by atoms with van der Waals surface area (Å²) in [4.78, 5) is 13.8. The van der Waals surface area contributed by atoms with E-state index in [1.165, 1.54) is 6.07 Å². The van der Waals surface area contributed by atoms with Crippen LogP contribution in [0.5, 0.6) is 0 Å². The molecular weight excluding hydrogens is 279 g/mol. The number of fused-ring (bicyclic) bond motifs is 1.